The fourth-order valence-corrected chi connectivity index (χ4v) is 2.39. The average molecular weight is 223 g/mol. The van der Waals surface area contributed by atoms with Crippen LogP contribution in [0.2, 0.25) is 0 Å². The Morgan fingerprint density at radius 3 is 2.88 bits per heavy atom. The van der Waals surface area contributed by atoms with E-state index in [1.165, 1.54) is 12.8 Å². The van der Waals surface area contributed by atoms with Gasteiger partial charge in [0.1, 0.15) is 0 Å². The lowest BCUT2D eigenvalue weighted by molar-refractivity contribution is 0.328. The van der Waals surface area contributed by atoms with Crippen molar-refractivity contribution < 1.29 is 4.52 Å². The van der Waals surface area contributed by atoms with Gasteiger partial charge in [-0.15, -0.1) is 0 Å². The third-order valence-electron chi connectivity index (χ3n) is 3.27. The van der Waals surface area contributed by atoms with E-state index in [2.05, 4.69) is 36.2 Å². The van der Waals surface area contributed by atoms with Crippen LogP contribution in [-0.2, 0) is 0 Å². The van der Waals surface area contributed by atoms with E-state index in [0.29, 0.717) is 17.9 Å². The van der Waals surface area contributed by atoms with E-state index in [1.54, 1.807) is 0 Å². The molecular weight excluding hydrogens is 202 g/mol. The molecule has 0 bridgehead atoms. The van der Waals surface area contributed by atoms with Crippen LogP contribution in [0.25, 0.3) is 0 Å². The molecule has 0 radical (unpaired) electrons. The summed E-state index contributed by atoms with van der Waals surface area (Å²) in [5, 5.41) is 7.54. The minimum absolute atomic E-state index is 0.344. The highest BCUT2D eigenvalue weighted by atomic mass is 16.5. The minimum atomic E-state index is 0.344. The maximum atomic E-state index is 5.39. The van der Waals surface area contributed by atoms with Crippen molar-refractivity contribution in [1.82, 2.24) is 15.5 Å². The molecule has 2 atom stereocenters. The van der Waals surface area contributed by atoms with Gasteiger partial charge in [-0.3, -0.25) is 0 Å². The predicted octanol–water partition coefficient (Wildman–Crippen LogP) is 2.44. The highest BCUT2D eigenvalue weighted by molar-refractivity contribution is 5.04. The summed E-state index contributed by atoms with van der Waals surface area (Å²) in [6, 6.07) is 0.519. The fourth-order valence-electron chi connectivity index (χ4n) is 2.39. The SMILES string of the molecule is CCNC1CCCC1c1nc(C(C)C)no1. The first-order valence-electron chi connectivity index (χ1n) is 6.29. The van der Waals surface area contributed by atoms with Crippen molar-refractivity contribution in [2.24, 2.45) is 0 Å². The van der Waals surface area contributed by atoms with E-state index >= 15 is 0 Å². The summed E-state index contributed by atoms with van der Waals surface area (Å²) >= 11 is 0. The third-order valence-corrected chi connectivity index (χ3v) is 3.27. The molecule has 4 heteroatoms. The van der Waals surface area contributed by atoms with Gasteiger partial charge in [-0.25, -0.2) is 0 Å². The molecule has 16 heavy (non-hydrogen) atoms. The maximum absolute atomic E-state index is 5.39. The molecule has 4 nitrogen and oxygen atoms in total. The molecule has 1 aromatic rings. The molecular formula is C12H21N3O. The van der Waals surface area contributed by atoms with Gasteiger partial charge in [-0.05, 0) is 19.4 Å². The molecule has 0 amide bonds. The van der Waals surface area contributed by atoms with E-state index in [9.17, 15) is 0 Å². The first-order chi connectivity index (χ1) is 7.72. The van der Waals surface area contributed by atoms with E-state index in [-0.39, 0.29) is 0 Å². The molecule has 0 aromatic carbocycles. The molecule has 0 aliphatic heterocycles. The zero-order valence-corrected chi connectivity index (χ0v) is 10.4. The highest BCUT2D eigenvalue weighted by Gasteiger charge is 2.32. The number of likely N-dealkylation sites (N-methyl/N-ethyl adjacent to an activating group) is 1. The van der Waals surface area contributed by atoms with Crippen LogP contribution in [0.5, 0.6) is 0 Å². The summed E-state index contributed by atoms with van der Waals surface area (Å²) in [5.41, 5.74) is 0. The lowest BCUT2D eigenvalue weighted by Gasteiger charge is -2.16. The molecule has 1 aliphatic rings. The Morgan fingerprint density at radius 1 is 1.44 bits per heavy atom. The van der Waals surface area contributed by atoms with Crippen LogP contribution in [0.1, 0.15) is 63.6 Å². The summed E-state index contributed by atoms with van der Waals surface area (Å²) in [6.45, 7) is 7.32. The first kappa shape index (κ1) is 11.6. The third kappa shape index (κ3) is 2.26. The van der Waals surface area contributed by atoms with Crippen molar-refractivity contribution in [3.63, 3.8) is 0 Å². The predicted molar refractivity (Wildman–Crippen MR) is 62.4 cm³/mol. The quantitative estimate of drug-likeness (QED) is 0.851. The monoisotopic (exact) mass is 223 g/mol. The van der Waals surface area contributed by atoms with E-state index in [0.717, 1.165) is 24.7 Å². The van der Waals surface area contributed by atoms with Crippen LogP contribution in [0.3, 0.4) is 0 Å². The smallest absolute Gasteiger partial charge is 0.231 e. The number of aromatic nitrogens is 2. The fraction of sp³-hybridized carbons (Fsp3) is 0.833. The Kier molecular flexibility index (Phi) is 3.59. The van der Waals surface area contributed by atoms with Gasteiger partial charge in [0.2, 0.25) is 5.89 Å². The molecule has 2 unspecified atom stereocenters. The minimum Gasteiger partial charge on any atom is -0.339 e. The molecule has 90 valence electrons. The second-order valence-electron chi connectivity index (χ2n) is 4.85. The number of nitrogens with one attached hydrogen (secondary N) is 1. The van der Waals surface area contributed by atoms with Crippen molar-refractivity contribution in [2.75, 3.05) is 6.54 Å². The largest absolute Gasteiger partial charge is 0.339 e. The lowest BCUT2D eigenvalue weighted by atomic mass is 10.0. The normalized spacial score (nSPS) is 25.5. The van der Waals surface area contributed by atoms with Gasteiger partial charge in [-0.1, -0.05) is 32.3 Å². The van der Waals surface area contributed by atoms with Crippen molar-refractivity contribution in [3.05, 3.63) is 11.7 Å². The lowest BCUT2D eigenvalue weighted by Crippen LogP contribution is -2.31. The van der Waals surface area contributed by atoms with E-state index < -0.39 is 0 Å². The Hall–Kier alpha value is -0.900. The average Bonchev–Trinajstić information content (AvgIpc) is 2.84. The molecule has 0 saturated heterocycles. The summed E-state index contributed by atoms with van der Waals surface area (Å²) < 4.78 is 5.39. The van der Waals surface area contributed by atoms with Crippen molar-refractivity contribution in [3.8, 4) is 0 Å². The second kappa shape index (κ2) is 4.95. The maximum Gasteiger partial charge on any atom is 0.231 e. The van der Waals surface area contributed by atoms with E-state index in [4.69, 9.17) is 4.52 Å². The zero-order valence-electron chi connectivity index (χ0n) is 10.4. The number of nitrogens with zero attached hydrogens (tertiary/aromatic N) is 2. The molecule has 1 saturated carbocycles. The van der Waals surface area contributed by atoms with Crippen LogP contribution >= 0.6 is 0 Å². The van der Waals surface area contributed by atoms with Gasteiger partial charge in [0.05, 0.1) is 5.92 Å². The van der Waals surface area contributed by atoms with Gasteiger partial charge in [0, 0.05) is 12.0 Å². The molecule has 1 N–H and O–H groups in total. The van der Waals surface area contributed by atoms with Crippen molar-refractivity contribution in [2.45, 2.75) is 57.9 Å². The first-order valence-corrected chi connectivity index (χ1v) is 6.29. The standard InChI is InChI=1S/C12H21N3O/c1-4-13-10-7-5-6-9(10)12-14-11(8(2)3)15-16-12/h8-10,13H,4-7H2,1-3H3. The van der Waals surface area contributed by atoms with Crippen LogP contribution in [-0.4, -0.2) is 22.7 Å². The Labute approximate surface area is 96.8 Å². The molecule has 1 aromatic heterocycles. The topological polar surface area (TPSA) is 51.0 Å². The summed E-state index contributed by atoms with van der Waals surface area (Å²) in [7, 11) is 0. The van der Waals surface area contributed by atoms with Gasteiger partial charge < -0.3 is 9.84 Å². The van der Waals surface area contributed by atoms with Gasteiger partial charge in [0.15, 0.2) is 5.82 Å². The number of rotatable bonds is 4. The number of hydrogen-bond acceptors (Lipinski definition) is 4. The molecule has 2 rings (SSSR count). The molecule has 0 spiro atoms. The van der Waals surface area contributed by atoms with Crippen LogP contribution in [0, 0.1) is 0 Å². The molecule has 1 aliphatic carbocycles. The van der Waals surface area contributed by atoms with Crippen LogP contribution in [0.4, 0.5) is 0 Å². The number of hydrogen-bond donors (Lipinski definition) is 1. The summed E-state index contributed by atoms with van der Waals surface area (Å²) in [6.07, 6.45) is 3.64. The summed E-state index contributed by atoms with van der Waals surface area (Å²) in [4.78, 5) is 4.51. The Bertz CT molecular complexity index is 335. The second-order valence-corrected chi connectivity index (χ2v) is 4.85. The molecule has 1 heterocycles. The van der Waals surface area contributed by atoms with Gasteiger partial charge in [0.25, 0.3) is 0 Å². The molecule has 1 fully saturated rings. The van der Waals surface area contributed by atoms with Gasteiger partial charge >= 0.3 is 0 Å². The van der Waals surface area contributed by atoms with Crippen LogP contribution in [0.15, 0.2) is 4.52 Å². The van der Waals surface area contributed by atoms with Crippen molar-refractivity contribution >= 4 is 0 Å². The van der Waals surface area contributed by atoms with E-state index in [1.807, 2.05) is 0 Å². The Morgan fingerprint density at radius 2 is 2.25 bits per heavy atom. The van der Waals surface area contributed by atoms with Crippen molar-refractivity contribution in [1.29, 1.82) is 0 Å². The summed E-state index contributed by atoms with van der Waals surface area (Å²) in [5.74, 6) is 2.42. The van der Waals surface area contributed by atoms with Gasteiger partial charge in [-0.2, -0.15) is 4.98 Å². The highest BCUT2D eigenvalue weighted by Crippen LogP contribution is 2.34. The zero-order chi connectivity index (χ0) is 11.5. The Balaban J connectivity index is 2.10. The van der Waals surface area contributed by atoms with Crippen LogP contribution < -0.4 is 5.32 Å².